The Morgan fingerprint density at radius 3 is 2.53 bits per heavy atom. The minimum Gasteiger partial charge on any atom is -0.326 e. The van der Waals surface area contributed by atoms with E-state index >= 15 is 0 Å². The molecule has 176 valence electrons. The van der Waals surface area contributed by atoms with Gasteiger partial charge >= 0.3 is 6.18 Å². The van der Waals surface area contributed by atoms with E-state index < -0.39 is 17.6 Å². The van der Waals surface area contributed by atoms with Crippen LogP contribution >= 0.6 is 11.3 Å². The standard InChI is InChI=1S/C25H23F3N4OS/c1-15-7-9-18(10-8-15)11-22-16(2)31-32(17(22)3)24-30-21(14-34-24)13-23(33)29-20-6-4-5-19(12-20)25(26,27)28/h4-10,12,14H,11,13H2,1-3H3,(H,29,33). The Kier molecular flexibility index (Phi) is 6.56. The van der Waals surface area contributed by atoms with Gasteiger partial charge in [0, 0.05) is 28.7 Å². The van der Waals surface area contributed by atoms with E-state index in [1.165, 1.54) is 34.6 Å². The number of hydrogen-bond acceptors (Lipinski definition) is 4. The summed E-state index contributed by atoms with van der Waals surface area (Å²) in [5.74, 6) is -0.440. The molecule has 1 amide bonds. The number of alkyl halides is 3. The number of halogens is 3. The zero-order valence-electron chi connectivity index (χ0n) is 18.9. The number of amides is 1. The fourth-order valence-corrected chi connectivity index (χ4v) is 4.47. The molecule has 0 aliphatic carbocycles. The maximum Gasteiger partial charge on any atom is 0.416 e. The largest absolute Gasteiger partial charge is 0.416 e. The number of carbonyl (C=O) groups excluding carboxylic acids is 1. The number of thiazole rings is 1. The SMILES string of the molecule is Cc1ccc(Cc2c(C)nn(-c3nc(CC(=O)Nc4cccc(C(F)(F)F)c4)cs3)c2C)cc1. The lowest BCUT2D eigenvalue weighted by molar-refractivity contribution is -0.137. The smallest absolute Gasteiger partial charge is 0.326 e. The van der Waals surface area contributed by atoms with Crippen molar-refractivity contribution >= 4 is 22.9 Å². The van der Waals surface area contributed by atoms with Crippen molar-refractivity contribution in [2.24, 2.45) is 0 Å². The molecule has 2 heterocycles. The lowest BCUT2D eigenvalue weighted by Crippen LogP contribution is -2.15. The first-order chi connectivity index (χ1) is 16.1. The molecule has 0 aliphatic heterocycles. The van der Waals surface area contributed by atoms with Gasteiger partial charge in [0.15, 0.2) is 0 Å². The Bertz CT molecular complexity index is 1320. The van der Waals surface area contributed by atoms with E-state index in [0.717, 1.165) is 35.5 Å². The number of carbonyl (C=O) groups is 1. The van der Waals surface area contributed by atoms with Crippen molar-refractivity contribution in [3.05, 3.63) is 93.2 Å². The molecule has 0 spiro atoms. The Morgan fingerprint density at radius 2 is 1.82 bits per heavy atom. The van der Waals surface area contributed by atoms with Crippen molar-refractivity contribution in [1.82, 2.24) is 14.8 Å². The summed E-state index contributed by atoms with van der Waals surface area (Å²) in [6.45, 7) is 6.01. The van der Waals surface area contributed by atoms with Gasteiger partial charge in [0.25, 0.3) is 0 Å². The number of hydrogen-bond donors (Lipinski definition) is 1. The average Bonchev–Trinajstić information content (AvgIpc) is 3.34. The molecule has 0 saturated carbocycles. The third kappa shape index (κ3) is 5.36. The van der Waals surface area contributed by atoms with Gasteiger partial charge in [0.05, 0.1) is 23.4 Å². The quantitative estimate of drug-likeness (QED) is 0.363. The molecule has 4 aromatic rings. The first-order valence-corrected chi connectivity index (χ1v) is 11.5. The van der Waals surface area contributed by atoms with Crippen LogP contribution in [0.15, 0.2) is 53.9 Å². The molecular weight excluding hydrogens is 461 g/mol. The van der Waals surface area contributed by atoms with Gasteiger partial charge in [-0.1, -0.05) is 35.9 Å². The van der Waals surface area contributed by atoms with Crippen LogP contribution in [-0.2, 0) is 23.8 Å². The van der Waals surface area contributed by atoms with E-state index in [-0.39, 0.29) is 12.1 Å². The molecule has 4 rings (SSSR count). The van der Waals surface area contributed by atoms with Gasteiger partial charge in [-0.15, -0.1) is 11.3 Å². The van der Waals surface area contributed by atoms with E-state index in [1.807, 2.05) is 13.8 Å². The second-order valence-corrected chi connectivity index (χ2v) is 8.99. The first kappa shape index (κ1) is 23.7. The summed E-state index contributed by atoms with van der Waals surface area (Å²) < 4.78 is 40.4. The van der Waals surface area contributed by atoms with E-state index in [0.29, 0.717) is 10.8 Å². The Balaban J connectivity index is 1.46. The van der Waals surface area contributed by atoms with Crippen LogP contribution in [-0.4, -0.2) is 20.7 Å². The number of rotatable bonds is 6. The second kappa shape index (κ2) is 9.42. The molecule has 0 fully saturated rings. The summed E-state index contributed by atoms with van der Waals surface area (Å²) in [7, 11) is 0. The van der Waals surface area contributed by atoms with Crippen LogP contribution < -0.4 is 5.32 Å². The third-order valence-electron chi connectivity index (χ3n) is 5.48. The number of benzene rings is 2. The lowest BCUT2D eigenvalue weighted by atomic mass is 10.0. The summed E-state index contributed by atoms with van der Waals surface area (Å²) in [6, 6.07) is 12.9. The van der Waals surface area contributed by atoms with Gasteiger partial charge in [-0.25, -0.2) is 9.67 Å². The van der Waals surface area contributed by atoms with Crippen LogP contribution in [0.3, 0.4) is 0 Å². The highest BCUT2D eigenvalue weighted by atomic mass is 32.1. The van der Waals surface area contributed by atoms with E-state index in [1.54, 1.807) is 10.1 Å². The number of nitrogens with one attached hydrogen (secondary N) is 1. The van der Waals surface area contributed by atoms with Crippen LogP contribution in [0, 0.1) is 20.8 Å². The van der Waals surface area contributed by atoms with Crippen molar-refractivity contribution in [3.8, 4) is 5.13 Å². The first-order valence-electron chi connectivity index (χ1n) is 10.6. The summed E-state index contributed by atoms with van der Waals surface area (Å²) in [4.78, 5) is 16.9. The van der Waals surface area contributed by atoms with Crippen LogP contribution in [0.1, 0.15) is 39.3 Å². The lowest BCUT2D eigenvalue weighted by Gasteiger charge is -2.09. The number of anilines is 1. The second-order valence-electron chi connectivity index (χ2n) is 8.15. The molecule has 0 unspecified atom stereocenters. The molecule has 9 heteroatoms. The van der Waals surface area contributed by atoms with Crippen molar-refractivity contribution in [1.29, 1.82) is 0 Å². The monoisotopic (exact) mass is 484 g/mol. The number of nitrogens with zero attached hydrogens (tertiary/aromatic N) is 3. The molecule has 0 saturated heterocycles. The molecule has 2 aromatic carbocycles. The molecule has 1 N–H and O–H groups in total. The van der Waals surface area contributed by atoms with Gasteiger partial charge in [-0.2, -0.15) is 18.3 Å². The number of aryl methyl sites for hydroxylation is 2. The molecule has 0 atom stereocenters. The Hall–Kier alpha value is -3.46. The fourth-order valence-electron chi connectivity index (χ4n) is 3.64. The normalized spacial score (nSPS) is 11.6. The molecule has 0 bridgehead atoms. The number of aromatic nitrogens is 3. The highest BCUT2D eigenvalue weighted by molar-refractivity contribution is 7.12. The van der Waals surface area contributed by atoms with Gasteiger partial charge in [0.1, 0.15) is 0 Å². The van der Waals surface area contributed by atoms with Gasteiger partial charge < -0.3 is 5.32 Å². The fraction of sp³-hybridized carbons (Fsp3) is 0.240. The molecule has 0 aliphatic rings. The molecule has 2 aromatic heterocycles. The predicted molar refractivity (Wildman–Crippen MR) is 126 cm³/mol. The summed E-state index contributed by atoms with van der Waals surface area (Å²) in [6.07, 6.45) is -3.76. The van der Waals surface area contributed by atoms with Crippen molar-refractivity contribution in [2.45, 2.75) is 39.8 Å². The Labute approximate surface area is 199 Å². The highest BCUT2D eigenvalue weighted by Crippen LogP contribution is 2.30. The summed E-state index contributed by atoms with van der Waals surface area (Å²) >= 11 is 1.36. The van der Waals surface area contributed by atoms with Gasteiger partial charge in [-0.3, -0.25) is 4.79 Å². The Morgan fingerprint density at radius 1 is 1.09 bits per heavy atom. The zero-order valence-corrected chi connectivity index (χ0v) is 19.7. The minimum absolute atomic E-state index is 0.0533. The topological polar surface area (TPSA) is 59.8 Å². The van der Waals surface area contributed by atoms with Crippen LogP contribution in [0.25, 0.3) is 5.13 Å². The van der Waals surface area contributed by atoms with E-state index in [9.17, 15) is 18.0 Å². The zero-order chi connectivity index (χ0) is 24.5. The van der Waals surface area contributed by atoms with Crippen LogP contribution in [0.2, 0.25) is 0 Å². The van der Waals surface area contributed by atoms with Crippen molar-refractivity contribution in [3.63, 3.8) is 0 Å². The van der Waals surface area contributed by atoms with Gasteiger partial charge in [-0.05, 0) is 44.5 Å². The predicted octanol–water partition coefficient (Wildman–Crippen LogP) is 6.04. The van der Waals surface area contributed by atoms with Crippen LogP contribution in [0.4, 0.5) is 18.9 Å². The maximum absolute atomic E-state index is 12.9. The molecule has 34 heavy (non-hydrogen) atoms. The maximum atomic E-state index is 12.9. The average molecular weight is 485 g/mol. The highest BCUT2D eigenvalue weighted by Gasteiger charge is 2.30. The summed E-state index contributed by atoms with van der Waals surface area (Å²) in [5.41, 5.74) is 5.23. The van der Waals surface area contributed by atoms with Crippen molar-refractivity contribution in [2.75, 3.05) is 5.32 Å². The van der Waals surface area contributed by atoms with Gasteiger partial charge in [0.2, 0.25) is 11.0 Å². The summed E-state index contributed by atoms with van der Waals surface area (Å²) in [5, 5.41) is 9.55. The minimum atomic E-state index is -4.47. The molecular formula is C25H23F3N4OS. The van der Waals surface area contributed by atoms with Crippen LogP contribution in [0.5, 0.6) is 0 Å². The van der Waals surface area contributed by atoms with Crippen molar-refractivity contribution < 1.29 is 18.0 Å². The van der Waals surface area contributed by atoms with E-state index in [4.69, 9.17) is 0 Å². The molecule has 5 nitrogen and oxygen atoms in total. The third-order valence-corrected chi connectivity index (χ3v) is 6.34. The van der Waals surface area contributed by atoms with E-state index in [2.05, 4.69) is 46.6 Å². The molecule has 0 radical (unpaired) electrons.